The van der Waals surface area contributed by atoms with E-state index >= 15 is 0 Å². The second-order valence-electron chi connectivity index (χ2n) is 13.6. The molecule has 0 spiro atoms. The molecule has 10 heteroatoms. The number of rotatable bonds is 12. The molecule has 47 heavy (non-hydrogen) atoms. The second-order valence-corrected chi connectivity index (χ2v) is 13.6. The van der Waals surface area contributed by atoms with Crippen molar-refractivity contribution in [3.05, 3.63) is 91.4 Å². The average molecular weight is 654 g/mol. The zero-order valence-corrected chi connectivity index (χ0v) is 28.3. The van der Waals surface area contributed by atoms with Crippen molar-refractivity contribution in [2.75, 3.05) is 20.6 Å². The van der Waals surface area contributed by atoms with Gasteiger partial charge in [0.25, 0.3) is 5.56 Å². The lowest BCUT2D eigenvalue weighted by atomic mass is 9.86. The number of hydrogen-bond acceptors (Lipinski definition) is 4. The molecule has 0 saturated heterocycles. The maximum atomic E-state index is 14.1. The molecule has 254 valence electrons. The lowest BCUT2D eigenvalue weighted by Gasteiger charge is -2.27. The third-order valence-electron chi connectivity index (χ3n) is 8.91. The first-order chi connectivity index (χ1) is 22.0. The number of aliphatic carboxylic acids is 1. The highest BCUT2D eigenvalue weighted by Gasteiger charge is 2.36. The van der Waals surface area contributed by atoms with Gasteiger partial charge in [0.15, 0.2) is 0 Å². The number of likely N-dealkylation sites (N-methyl/N-ethyl adjacent to an activating group) is 1. The van der Waals surface area contributed by atoms with Gasteiger partial charge in [0.2, 0.25) is 5.91 Å². The Bertz CT molecular complexity index is 1690. The number of aryl methyl sites for hydroxylation is 4. The van der Waals surface area contributed by atoms with Crippen molar-refractivity contribution < 1.29 is 27.9 Å². The minimum absolute atomic E-state index is 0.0233. The molecule has 0 aliphatic heterocycles. The van der Waals surface area contributed by atoms with E-state index in [2.05, 4.69) is 31.3 Å². The summed E-state index contributed by atoms with van der Waals surface area (Å²) in [6.07, 6.45) is -1.09. The SMILES string of the molecule is Cc1cc(C)c(-c2cc([C@@H](CC(=O)O)NC(=O)[C@@H](CC(C)C)n3cc(CCN(C)C)c(C(F)(F)F)cc3=O)cc3c2CCC3)c(C)c1. The van der Waals surface area contributed by atoms with Crippen LogP contribution in [0.15, 0.2) is 41.3 Å². The Labute approximate surface area is 274 Å². The van der Waals surface area contributed by atoms with Gasteiger partial charge in [0.1, 0.15) is 6.04 Å². The molecule has 0 fully saturated rings. The minimum Gasteiger partial charge on any atom is -0.481 e. The summed E-state index contributed by atoms with van der Waals surface area (Å²) in [6.45, 7) is 10.2. The molecule has 0 bridgehead atoms. The number of benzene rings is 2. The third-order valence-corrected chi connectivity index (χ3v) is 8.91. The summed E-state index contributed by atoms with van der Waals surface area (Å²) in [5.74, 6) is -1.82. The molecule has 4 rings (SSSR count). The fourth-order valence-corrected chi connectivity index (χ4v) is 6.89. The van der Waals surface area contributed by atoms with Crippen LogP contribution in [-0.4, -0.2) is 47.1 Å². The second kappa shape index (κ2) is 14.5. The number of carbonyl (C=O) groups is 2. The number of hydrogen-bond donors (Lipinski definition) is 2. The fourth-order valence-electron chi connectivity index (χ4n) is 6.89. The average Bonchev–Trinajstić information content (AvgIpc) is 3.42. The summed E-state index contributed by atoms with van der Waals surface area (Å²) in [5, 5.41) is 12.8. The van der Waals surface area contributed by atoms with Crippen LogP contribution in [0, 0.1) is 26.7 Å². The van der Waals surface area contributed by atoms with Crippen LogP contribution in [0.5, 0.6) is 0 Å². The van der Waals surface area contributed by atoms with Gasteiger partial charge in [0.05, 0.1) is 18.0 Å². The molecule has 0 radical (unpaired) electrons. The quantitative estimate of drug-likeness (QED) is 0.220. The van der Waals surface area contributed by atoms with Crippen molar-refractivity contribution in [1.82, 2.24) is 14.8 Å². The molecule has 0 saturated carbocycles. The number of nitrogens with one attached hydrogen (secondary N) is 1. The monoisotopic (exact) mass is 653 g/mol. The Morgan fingerprint density at radius 3 is 2.26 bits per heavy atom. The molecular weight excluding hydrogens is 607 g/mol. The van der Waals surface area contributed by atoms with Crippen LogP contribution in [0.1, 0.15) is 89.7 Å². The predicted molar refractivity (Wildman–Crippen MR) is 178 cm³/mol. The van der Waals surface area contributed by atoms with Gasteiger partial charge in [-0.2, -0.15) is 13.2 Å². The lowest BCUT2D eigenvalue weighted by molar-refractivity contribution is -0.139. The Balaban J connectivity index is 1.80. The topological polar surface area (TPSA) is 91.6 Å². The standard InChI is InChI=1S/C37H46F3N3O4/c1-21(2)13-32(43-20-26(11-12-42(6)7)30(18-33(43)44)37(38,39)40)36(47)41-31(19-34(45)46)27-16-25-9-8-10-28(25)29(17-27)35-23(4)14-22(3)15-24(35)5/h14-18,20-21,31-32H,8-13,19H2,1-7H3,(H,41,47)(H,45,46)/t31-,32-/m1/s1. The zero-order valence-electron chi connectivity index (χ0n) is 28.3. The number of amides is 1. The zero-order chi connectivity index (χ0) is 34.8. The van der Waals surface area contributed by atoms with Crippen molar-refractivity contribution in [3.8, 4) is 11.1 Å². The lowest BCUT2D eigenvalue weighted by Crippen LogP contribution is -2.40. The molecule has 1 heterocycles. The Hall–Kier alpha value is -3.92. The van der Waals surface area contributed by atoms with Crippen molar-refractivity contribution in [3.63, 3.8) is 0 Å². The summed E-state index contributed by atoms with van der Waals surface area (Å²) >= 11 is 0. The van der Waals surface area contributed by atoms with Crippen LogP contribution in [-0.2, 0) is 35.0 Å². The van der Waals surface area contributed by atoms with Crippen LogP contribution in [0.2, 0.25) is 0 Å². The van der Waals surface area contributed by atoms with E-state index in [1.54, 1.807) is 19.0 Å². The molecule has 2 aromatic carbocycles. The third kappa shape index (κ3) is 8.52. The number of fused-ring (bicyclic) bond motifs is 1. The van der Waals surface area contributed by atoms with Gasteiger partial charge in [-0.3, -0.25) is 14.4 Å². The molecule has 1 aliphatic carbocycles. The van der Waals surface area contributed by atoms with Gasteiger partial charge in [-0.1, -0.05) is 37.6 Å². The van der Waals surface area contributed by atoms with Crippen LogP contribution in [0.3, 0.4) is 0 Å². The van der Waals surface area contributed by atoms with E-state index in [0.717, 1.165) is 63.4 Å². The highest BCUT2D eigenvalue weighted by atomic mass is 19.4. The van der Waals surface area contributed by atoms with E-state index in [4.69, 9.17) is 0 Å². The number of halogens is 3. The molecule has 2 atom stereocenters. The highest BCUT2D eigenvalue weighted by Crippen LogP contribution is 2.39. The smallest absolute Gasteiger partial charge is 0.416 e. The number of aromatic nitrogens is 1. The molecule has 0 unspecified atom stereocenters. The van der Waals surface area contributed by atoms with E-state index < -0.39 is 47.7 Å². The fraction of sp³-hybridized carbons (Fsp3) is 0.486. The van der Waals surface area contributed by atoms with E-state index in [-0.39, 0.29) is 24.3 Å². The van der Waals surface area contributed by atoms with Crippen molar-refractivity contribution in [2.24, 2.45) is 5.92 Å². The van der Waals surface area contributed by atoms with Gasteiger partial charge < -0.3 is 19.9 Å². The largest absolute Gasteiger partial charge is 0.481 e. The summed E-state index contributed by atoms with van der Waals surface area (Å²) in [4.78, 5) is 41.2. The Kier molecular flexibility index (Phi) is 11.1. The van der Waals surface area contributed by atoms with Gasteiger partial charge >= 0.3 is 12.1 Å². The number of carbonyl (C=O) groups excluding carboxylic acids is 1. The van der Waals surface area contributed by atoms with Crippen molar-refractivity contribution in [2.45, 2.75) is 91.4 Å². The van der Waals surface area contributed by atoms with Crippen LogP contribution in [0.25, 0.3) is 11.1 Å². The summed E-state index contributed by atoms with van der Waals surface area (Å²) in [5.41, 5.74) is 6.43. The molecule has 1 amide bonds. The first-order valence-electron chi connectivity index (χ1n) is 16.2. The van der Waals surface area contributed by atoms with E-state index in [1.165, 1.54) is 5.56 Å². The van der Waals surface area contributed by atoms with Crippen LogP contribution in [0.4, 0.5) is 13.2 Å². The minimum atomic E-state index is -4.73. The summed E-state index contributed by atoms with van der Waals surface area (Å²) in [6, 6.07) is 6.69. The van der Waals surface area contributed by atoms with Crippen molar-refractivity contribution in [1.29, 1.82) is 0 Å². The highest BCUT2D eigenvalue weighted by molar-refractivity contribution is 5.82. The summed E-state index contributed by atoms with van der Waals surface area (Å²) in [7, 11) is 3.49. The molecule has 1 aliphatic rings. The maximum Gasteiger partial charge on any atom is 0.416 e. The van der Waals surface area contributed by atoms with Gasteiger partial charge in [-0.05, 0) is 123 Å². The van der Waals surface area contributed by atoms with E-state index in [1.807, 2.05) is 32.9 Å². The number of alkyl halides is 3. The number of nitrogens with zero attached hydrogens (tertiary/aromatic N) is 2. The van der Waals surface area contributed by atoms with Gasteiger partial charge in [0, 0.05) is 18.8 Å². The van der Waals surface area contributed by atoms with Gasteiger partial charge in [-0.15, -0.1) is 0 Å². The first-order valence-corrected chi connectivity index (χ1v) is 16.2. The predicted octanol–water partition coefficient (Wildman–Crippen LogP) is 6.97. The number of pyridine rings is 1. The van der Waals surface area contributed by atoms with E-state index in [9.17, 15) is 32.7 Å². The van der Waals surface area contributed by atoms with Gasteiger partial charge in [-0.25, -0.2) is 0 Å². The molecule has 3 aromatic rings. The normalized spacial score (nSPS) is 14.4. The van der Waals surface area contributed by atoms with E-state index in [0.29, 0.717) is 18.2 Å². The molecule has 2 N–H and O–H groups in total. The van der Waals surface area contributed by atoms with Crippen LogP contribution >= 0.6 is 0 Å². The molecule has 1 aromatic heterocycles. The molecular formula is C37H46F3N3O4. The number of carboxylic acid groups (broad SMARTS) is 1. The van der Waals surface area contributed by atoms with Crippen molar-refractivity contribution >= 4 is 11.9 Å². The van der Waals surface area contributed by atoms with Crippen LogP contribution < -0.4 is 10.9 Å². The number of carboxylic acids is 1. The first kappa shape index (κ1) is 35.9. The molecule has 7 nitrogen and oxygen atoms in total. The Morgan fingerprint density at radius 2 is 1.68 bits per heavy atom. The maximum absolute atomic E-state index is 14.1. The summed E-state index contributed by atoms with van der Waals surface area (Å²) < 4.78 is 43.0. The Morgan fingerprint density at radius 1 is 1.02 bits per heavy atom.